The van der Waals surface area contributed by atoms with Crippen molar-refractivity contribution in [2.45, 2.75) is 89.5 Å². The van der Waals surface area contributed by atoms with E-state index in [1.165, 1.54) is 6.20 Å². The van der Waals surface area contributed by atoms with Crippen molar-refractivity contribution in [3.63, 3.8) is 0 Å². The third kappa shape index (κ3) is 7.23. The molecule has 5 rings (SSSR count). The lowest BCUT2D eigenvalue weighted by Gasteiger charge is -2.33. The lowest BCUT2D eigenvalue weighted by atomic mass is 9.81. The summed E-state index contributed by atoms with van der Waals surface area (Å²) < 4.78 is 59.8. The predicted molar refractivity (Wildman–Crippen MR) is 141 cm³/mol. The zero-order chi connectivity index (χ0) is 29.9. The largest absolute Gasteiger partial charge is 0.349 e. The van der Waals surface area contributed by atoms with Crippen LogP contribution >= 0.6 is 0 Å². The fourth-order valence-electron chi connectivity index (χ4n) is 5.48. The van der Waals surface area contributed by atoms with Gasteiger partial charge >= 0.3 is 6.61 Å². The van der Waals surface area contributed by atoms with Crippen LogP contribution in [0.25, 0.3) is 5.65 Å². The summed E-state index contributed by atoms with van der Waals surface area (Å²) in [7, 11) is 0. The highest BCUT2D eigenvalue weighted by atomic mass is 19.3. The number of rotatable bonds is 13. The van der Waals surface area contributed by atoms with E-state index in [-0.39, 0.29) is 62.4 Å². The van der Waals surface area contributed by atoms with Crippen molar-refractivity contribution in [2.24, 2.45) is 11.8 Å². The van der Waals surface area contributed by atoms with Gasteiger partial charge in [0, 0.05) is 19.3 Å². The Morgan fingerprint density at radius 2 is 1.83 bits per heavy atom. The molecule has 11 nitrogen and oxygen atoms in total. The van der Waals surface area contributed by atoms with Crippen LogP contribution in [0.2, 0.25) is 0 Å². The van der Waals surface area contributed by atoms with E-state index in [1.807, 2.05) is 13.0 Å². The number of ether oxygens (including phenoxy) is 1. The number of carbonyl (C=O) groups is 2. The molecular formula is C27H34F4N8O3. The number of nitrogens with one attached hydrogen (secondary N) is 2. The number of amides is 2. The average Bonchev–Trinajstić information content (AvgIpc) is 3.52. The first-order chi connectivity index (χ1) is 20.1. The maximum absolute atomic E-state index is 14.0. The van der Waals surface area contributed by atoms with E-state index in [0.717, 1.165) is 29.5 Å². The average molecular weight is 595 g/mol. The third-order valence-electron chi connectivity index (χ3n) is 7.84. The number of imidazole rings is 1. The molecule has 2 aliphatic rings. The minimum atomic E-state index is -2.96. The van der Waals surface area contributed by atoms with Gasteiger partial charge in [-0.1, -0.05) is 12.1 Å². The maximum Gasteiger partial charge on any atom is 0.345 e. The molecule has 0 aliphatic heterocycles. The van der Waals surface area contributed by atoms with Gasteiger partial charge in [-0.25, -0.2) is 23.0 Å². The van der Waals surface area contributed by atoms with E-state index in [1.54, 1.807) is 16.9 Å². The quantitative estimate of drug-likeness (QED) is 0.284. The second-order valence-electron chi connectivity index (χ2n) is 11.0. The van der Waals surface area contributed by atoms with Gasteiger partial charge in [-0.2, -0.15) is 13.9 Å². The van der Waals surface area contributed by atoms with Crippen LogP contribution in [0.1, 0.15) is 92.1 Å². The first kappa shape index (κ1) is 29.9. The van der Waals surface area contributed by atoms with Gasteiger partial charge < -0.3 is 15.4 Å². The highest BCUT2D eigenvalue weighted by Gasteiger charge is 2.40. The van der Waals surface area contributed by atoms with E-state index in [2.05, 4.69) is 30.8 Å². The number of carbonyl (C=O) groups excluding carboxylic acids is 2. The number of nitrogens with zero attached hydrogens (tertiary/aromatic N) is 6. The Balaban J connectivity index is 1.40. The zero-order valence-corrected chi connectivity index (χ0v) is 23.2. The van der Waals surface area contributed by atoms with Crippen LogP contribution in [-0.4, -0.2) is 60.5 Å². The minimum absolute atomic E-state index is 0.0123. The number of fused-ring (bicyclic) bond motifs is 1. The van der Waals surface area contributed by atoms with Gasteiger partial charge in [0.25, 0.3) is 5.91 Å². The molecule has 42 heavy (non-hydrogen) atoms. The van der Waals surface area contributed by atoms with Crippen LogP contribution in [-0.2, 0) is 16.1 Å². The Morgan fingerprint density at radius 3 is 2.52 bits per heavy atom. The summed E-state index contributed by atoms with van der Waals surface area (Å²) in [5.41, 5.74) is 1.78. The Bertz CT molecular complexity index is 1380. The first-order valence-electron chi connectivity index (χ1n) is 14.2. The topological polar surface area (TPSA) is 128 Å². The molecule has 0 saturated heterocycles. The van der Waals surface area contributed by atoms with E-state index >= 15 is 0 Å². The van der Waals surface area contributed by atoms with Crippen molar-refractivity contribution in [2.75, 3.05) is 6.61 Å². The number of aromatic nitrogens is 6. The second kappa shape index (κ2) is 12.7. The molecule has 0 aromatic carbocycles. The lowest BCUT2D eigenvalue weighted by molar-refractivity contribution is -0.131. The normalized spacial score (nSPS) is 18.7. The molecule has 2 aliphatic carbocycles. The molecule has 2 amide bonds. The molecule has 2 atom stereocenters. The Hall–Kier alpha value is -3.62. The van der Waals surface area contributed by atoms with Crippen molar-refractivity contribution >= 4 is 17.5 Å². The number of alkyl halides is 4. The number of hydrogen-bond donors (Lipinski definition) is 2. The summed E-state index contributed by atoms with van der Waals surface area (Å²) in [6.45, 7) is -1.54. The molecule has 3 heterocycles. The van der Waals surface area contributed by atoms with Crippen LogP contribution in [0.5, 0.6) is 0 Å². The van der Waals surface area contributed by atoms with Crippen molar-refractivity contribution in [3.8, 4) is 0 Å². The van der Waals surface area contributed by atoms with Crippen molar-refractivity contribution in [1.29, 1.82) is 0 Å². The van der Waals surface area contributed by atoms with Gasteiger partial charge in [0.2, 0.25) is 11.8 Å². The minimum Gasteiger partial charge on any atom is -0.349 e. The second-order valence-corrected chi connectivity index (χ2v) is 11.0. The van der Waals surface area contributed by atoms with Gasteiger partial charge in [-0.3, -0.25) is 9.59 Å². The highest BCUT2D eigenvalue weighted by Crippen LogP contribution is 2.42. The molecule has 0 bridgehead atoms. The van der Waals surface area contributed by atoms with Crippen LogP contribution in [0.15, 0.2) is 24.7 Å². The predicted octanol–water partition coefficient (Wildman–Crippen LogP) is 4.22. The summed E-state index contributed by atoms with van der Waals surface area (Å²) in [4.78, 5) is 30.4. The summed E-state index contributed by atoms with van der Waals surface area (Å²) >= 11 is 0. The SMILES string of the molecule is CCCC(=O)N[C@@H](c1cnn2cc([C@@H](NC(=O)c3cnnn3CCOC(F)F)C3CCC(F)(F)CC3)nc2c1)C1CC1. The molecule has 3 aromatic rings. The third-order valence-corrected chi connectivity index (χ3v) is 7.84. The van der Waals surface area contributed by atoms with Crippen molar-refractivity contribution < 1.29 is 31.9 Å². The van der Waals surface area contributed by atoms with E-state index in [9.17, 15) is 27.2 Å². The van der Waals surface area contributed by atoms with E-state index < -0.39 is 24.5 Å². The van der Waals surface area contributed by atoms with Crippen LogP contribution in [0.4, 0.5) is 17.6 Å². The van der Waals surface area contributed by atoms with Gasteiger partial charge in [0.05, 0.1) is 49.5 Å². The summed E-state index contributed by atoms with van der Waals surface area (Å²) in [5, 5.41) is 18.0. The fraction of sp³-hybridized carbons (Fsp3) is 0.630. The van der Waals surface area contributed by atoms with E-state index in [4.69, 9.17) is 4.98 Å². The molecule has 0 spiro atoms. The molecule has 0 unspecified atom stereocenters. The Labute approximate surface area is 239 Å². The van der Waals surface area contributed by atoms with Crippen LogP contribution < -0.4 is 10.6 Å². The molecule has 3 aromatic heterocycles. The first-order valence-corrected chi connectivity index (χ1v) is 14.2. The molecule has 0 radical (unpaired) electrons. The maximum atomic E-state index is 14.0. The Kier molecular flexibility index (Phi) is 9.04. The summed E-state index contributed by atoms with van der Waals surface area (Å²) in [5.74, 6) is -3.41. The molecule has 2 N–H and O–H groups in total. The number of halogens is 4. The molecule has 15 heteroatoms. The molecule has 2 fully saturated rings. The zero-order valence-electron chi connectivity index (χ0n) is 23.2. The lowest BCUT2D eigenvalue weighted by Crippen LogP contribution is -2.38. The summed E-state index contributed by atoms with van der Waals surface area (Å²) in [6, 6.07) is 0.934. The van der Waals surface area contributed by atoms with E-state index in [0.29, 0.717) is 23.7 Å². The molecule has 2 saturated carbocycles. The fourth-order valence-corrected chi connectivity index (χ4v) is 5.48. The Morgan fingerprint density at radius 1 is 1.10 bits per heavy atom. The van der Waals surface area contributed by atoms with Crippen LogP contribution in [0, 0.1) is 11.8 Å². The van der Waals surface area contributed by atoms with Gasteiger partial charge in [0.15, 0.2) is 5.65 Å². The van der Waals surface area contributed by atoms with Crippen LogP contribution in [0.3, 0.4) is 0 Å². The summed E-state index contributed by atoms with van der Waals surface area (Å²) in [6.07, 6.45) is 7.42. The van der Waals surface area contributed by atoms with Gasteiger partial charge in [-0.05, 0) is 55.6 Å². The standard InChI is InChI=1S/C27H34F4N8O3/c1-2-3-22(40)35-23(16-4-5-16)18-12-21-34-19(15-39(21)33-13-18)24(17-6-8-27(30,31)9-7-17)36-25(41)20-14-32-37-38(20)10-11-42-26(28)29/h12-17,23-24,26H,2-11H2,1H3,(H,35,40)(H,36,41)/t23-,24+/m1/s1. The monoisotopic (exact) mass is 594 g/mol. The molecular weight excluding hydrogens is 560 g/mol. The van der Waals surface area contributed by atoms with Crippen molar-refractivity contribution in [3.05, 3.63) is 41.6 Å². The molecule has 228 valence electrons. The van der Waals surface area contributed by atoms with Gasteiger partial charge in [-0.15, -0.1) is 5.10 Å². The highest BCUT2D eigenvalue weighted by molar-refractivity contribution is 5.92. The number of hydrogen-bond acceptors (Lipinski definition) is 7. The smallest absolute Gasteiger partial charge is 0.345 e. The van der Waals surface area contributed by atoms with Gasteiger partial charge in [0.1, 0.15) is 5.69 Å². The van der Waals surface area contributed by atoms with Crippen molar-refractivity contribution in [1.82, 2.24) is 40.2 Å².